The summed E-state index contributed by atoms with van der Waals surface area (Å²) in [6, 6.07) is 17.0. The molecule has 0 bridgehead atoms. The van der Waals surface area contributed by atoms with E-state index in [2.05, 4.69) is 0 Å². The summed E-state index contributed by atoms with van der Waals surface area (Å²) in [5.41, 5.74) is 1.98. The van der Waals surface area contributed by atoms with E-state index in [1.807, 2.05) is 48.5 Å². The number of pyridine rings is 1. The Hall–Kier alpha value is -2.83. The predicted molar refractivity (Wildman–Crippen MR) is 105 cm³/mol. The second kappa shape index (κ2) is 6.82. The number of aldehydes is 1. The molecule has 0 spiro atoms. The van der Waals surface area contributed by atoms with E-state index < -0.39 is 0 Å². The molecule has 6 heteroatoms. The Morgan fingerprint density at radius 1 is 1.00 bits per heavy atom. The van der Waals surface area contributed by atoms with Gasteiger partial charge in [-0.2, -0.15) is 0 Å². The van der Waals surface area contributed by atoms with Crippen molar-refractivity contribution in [2.75, 3.05) is 7.11 Å². The molecule has 4 rings (SSSR count). The zero-order valence-corrected chi connectivity index (χ0v) is 15.4. The van der Waals surface area contributed by atoms with Crippen molar-refractivity contribution in [3.05, 3.63) is 65.0 Å². The van der Waals surface area contributed by atoms with Gasteiger partial charge in [0.15, 0.2) is 6.29 Å². The lowest BCUT2D eigenvalue weighted by Crippen LogP contribution is -2.03. The molecule has 0 aliphatic heterocycles. The fraction of sp³-hybridized carbons (Fsp3) is 0.0500. The van der Waals surface area contributed by atoms with Gasteiger partial charge in [-0.3, -0.25) is 4.79 Å². The minimum absolute atomic E-state index is 0.379. The molecule has 0 aliphatic carbocycles. The molecule has 26 heavy (non-hydrogen) atoms. The van der Waals surface area contributed by atoms with Crippen LogP contribution < -0.4 is 0 Å². The van der Waals surface area contributed by atoms with Gasteiger partial charge in [-0.1, -0.05) is 18.2 Å². The molecule has 3 aromatic heterocycles. The Bertz CT molecular complexity index is 1130. The highest BCUT2D eigenvalue weighted by Crippen LogP contribution is 2.37. The number of hydrogen-bond acceptors (Lipinski definition) is 6. The Labute approximate surface area is 157 Å². The van der Waals surface area contributed by atoms with Crippen molar-refractivity contribution < 1.29 is 14.3 Å². The number of methoxy groups -OCH3 is 1. The number of carbonyl (C=O) groups is 2. The summed E-state index contributed by atoms with van der Waals surface area (Å²) >= 11 is 3.04. The summed E-state index contributed by atoms with van der Waals surface area (Å²) < 4.78 is 4.93. The third kappa shape index (κ3) is 2.94. The zero-order valence-electron chi connectivity index (χ0n) is 13.8. The van der Waals surface area contributed by atoms with Gasteiger partial charge in [0.1, 0.15) is 0 Å². The molecule has 4 aromatic rings. The molecule has 0 saturated carbocycles. The molecule has 0 unspecified atom stereocenters. The number of esters is 1. The lowest BCUT2D eigenvalue weighted by Gasteiger charge is -2.07. The number of carbonyl (C=O) groups excluding carboxylic acids is 2. The number of nitrogens with zero attached hydrogens (tertiary/aromatic N) is 1. The summed E-state index contributed by atoms with van der Waals surface area (Å²) in [5, 5.41) is 0.772. The summed E-state index contributed by atoms with van der Waals surface area (Å²) in [5.74, 6) is -0.379. The molecule has 3 heterocycles. The van der Waals surface area contributed by atoms with E-state index in [1.165, 1.54) is 18.4 Å². The van der Waals surface area contributed by atoms with Crippen LogP contribution in [0.5, 0.6) is 0 Å². The van der Waals surface area contributed by atoms with Crippen LogP contribution in [0, 0.1) is 0 Å². The van der Waals surface area contributed by atoms with Crippen molar-refractivity contribution in [1.82, 2.24) is 4.98 Å². The van der Waals surface area contributed by atoms with Gasteiger partial charge in [0.2, 0.25) is 0 Å². The molecule has 0 amide bonds. The summed E-state index contributed by atoms with van der Waals surface area (Å²) in [6.07, 6.45) is 0.857. The van der Waals surface area contributed by atoms with Crippen molar-refractivity contribution in [2.24, 2.45) is 0 Å². The number of para-hydroxylation sites is 1. The average Bonchev–Trinajstić information content (AvgIpc) is 3.35. The monoisotopic (exact) mass is 379 g/mol. The maximum Gasteiger partial charge on any atom is 0.338 e. The molecular formula is C20H13NO3S2. The molecule has 128 valence electrons. The highest BCUT2D eigenvalue weighted by molar-refractivity contribution is 7.24. The zero-order chi connectivity index (χ0) is 18.1. The van der Waals surface area contributed by atoms with Gasteiger partial charge in [0.25, 0.3) is 0 Å². The minimum atomic E-state index is -0.379. The lowest BCUT2D eigenvalue weighted by molar-refractivity contribution is 0.0603. The van der Waals surface area contributed by atoms with Crippen LogP contribution in [0.2, 0.25) is 0 Å². The summed E-state index contributed by atoms with van der Waals surface area (Å²) in [4.78, 5) is 31.5. The molecule has 1 aromatic carbocycles. The maximum absolute atomic E-state index is 12.2. The number of ether oxygens (including phenoxy) is 1. The number of rotatable bonds is 4. The number of aromatic nitrogens is 1. The number of fused-ring (bicyclic) bond motifs is 1. The van der Waals surface area contributed by atoms with Crippen molar-refractivity contribution in [3.63, 3.8) is 0 Å². The fourth-order valence-corrected chi connectivity index (χ4v) is 4.62. The molecular weight excluding hydrogens is 366 g/mol. The van der Waals surface area contributed by atoms with Crippen LogP contribution in [0.1, 0.15) is 20.0 Å². The van der Waals surface area contributed by atoms with Crippen molar-refractivity contribution >= 4 is 45.8 Å². The van der Waals surface area contributed by atoms with Gasteiger partial charge in [-0.25, -0.2) is 9.78 Å². The van der Waals surface area contributed by atoms with Crippen LogP contribution in [0.25, 0.3) is 31.2 Å². The molecule has 0 fully saturated rings. The molecule has 0 radical (unpaired) electrons. The third-order valence-electron chi connectivity index (χ3n) is 3.97. The van der Waals surface area contributed by atoms with E-state index in [1.54, 1.807) is 17.4 Å². The van der Waals surface area contributed by atoms with Crippen LogP contribution >= 0.6 is 22.7 Å². The predicted octanol–water partition coefficient (Wildman–Crippen LogP) is 5.29. The smallest absolute Gasteiger partial charge is 0.338 e. The van der Waals surface area contributed by atoms with E-state index >= 15 is 0 Å². The number of benzene rings is 1. The van der Waals surface area contributed by atoms with Gasteiger partial charge >= 0.3 is 5.97 Å². The van der Waals surface area contributed by atoms with Crippen LogP contribution in [-0.4, -0.2) is 24.3 Å². The normalized spacial score (nSPS) is 10.8. The Morgan fingerprint density at radius 3 is 2.50 bits per heavy atom. The standard InChI is InChI=1S/C20H13NO3S2/c1-24-20(23)14-10-16(21-15-5-3-2-4-13(14)15)17-8-9-19(26-17)18-7-6-12(11-22)25-18/h2-11H,1H3. The number of thiophene rings is 2. The summed E-state index contributed by atoms with van der Waals surface area (Å²) in [6.45, 7) is 0. The quantitative estimate of drug-likeness (QED) is 0.357. The Kier molecular flexibility index (Phi) is 4.36. The molecule has 0 N–H and O–H groups in total. The molecule has 0 aliphatic rings. The van der Waals surface area contributed by atoms with Gasteiger partial charge in [-0.05, 0) is 36.4 Å². The molecule has 0 atom stereocenters. The Balaban J connectivity index is 1.82. The largest absolute Gasteiger partial charge is 0.465 e. The van der Waals surface area contributed by atoms with Gasteiger partial charge in [-0.15, -0.1) is 22.7 Å². The maximum atomic E-state index is 12.2. The van der Waals surface area contributed by atoms with Crippen molar-refractivity contribution in [1.29, 1.82) is 0 Å². The van der Waals surface area contributed by atoms with Gasteiger partial charge in [0.05, 0.1) is 33.6 Å². The topological polar surface area (TPSA) is 56.3 Å². The van der Waals surface area contributed by atoms with E-state index in [-0.39, 0.29) is 5.97 Å². The van der Waals surface area contributed by atoms with E-state index in [0.717, 1.165) is 37.5 Å². The minimum Gasteiger partial charge on any atom is -0.465 e. The van der Waals surface area contributed by atoms with Crippen LogP contribution in [0.3, 0.4) is 0 Å². The summed E-state index contributed by atoms with van der Waals surface area (Å²) in [7, 11) is 1.38. The molecule has 4 nitrogen and oxygen atoms in total. The molecule has 0 saturated heterocycles. The van der Waals surface area contributed by atoms with E-state index in [0.29, 0.717) is 10.4 Å². The van der Waals surface area contributed by atoms with Gasteiger partial charge < -0.3 is 4.74 Å². The van der Waals surface area contributed by atoms with Crippen LogP contribution in [0.15, 0.2) is 54.6 Å². The lowest BCUT2D eigenvalue weighted by atomic mass is 10.1. The highest BCUT2D eigenvalue weighted by Gasteiger charge is 2.15. The fourth-order valence-electron chi connectivity index (χ4n) is 2.74. The first-order chi connectivity index (χ1) is 12.7. The average molecular weight is 379 g/mol. The first kappa shape index (κ1) is 16.6. The van der Waals surface area contributed by atoms with Crippen molar-refractivity contribution in [3.8, 4) is 20.3 Å². The van der Waals surface area contributed by atoms with Crippen LogP contribution in [-0.2, 0) is 4.74 Å². The first-order valence-electron chi connectivity index (χ1n) is 7.83. The van der Waals surface area contributed by atoms with Crippen LogP contribution in [0.4, 0.5) is 0 Å². The van der Waals surface area contributed by atoms with Crippen molar-refractivity contribution in [2.45, 2.75) is 0 Å². The van der Waals surface area contributed by atoms with E-state index in [9.17, 15) is 9.59 Å². The second-order valence-electron chi connectivity index (χ2n) is 5.55. The Morgan fingerprint density at radius 2 is 1.73 bits per heavy atom. The SMILES string of the molecule is COC(=O)c1cc(-c2ccc(-c3ccc(C=O)s3)s2)nc2ccccc12. The number of hydrogen-bond donors (Lipinski definition) is 0. The van der Waals surface area contributed by atoms with E-state index in [4.69, 9.17) is 9.72 Å². The highest BCUT2D eigenvalue weighted by atomic mass is 32.1. The second-order valence-corrected chi connectivity index (χ2v) is 7.75. The van der Waals surface area contributed by atoms with Gasteiger partial charge in [0, 0.05) is 15.1 Å². The third-order valence-corrected chi connectivity index (χ3v) is 6.28. The first-order valence-corrected chi connectivity index (χ1v) is 9.46.